The number of H-pyrrole nitrogens is 1. The molecular weight excluding hydrogens is 343 g/mol. The third-order valence-electron chi connectivity index (χ3n) is 3.36. The van der Waals surface area contributed by atoms with Gasteiger partial charge in [-0.3, -0.25) is 4.79 Å². The minimum atomic E-state index is -4.49. The van der Waals surface area contributed by atoms with Crippen molar-refractivity contribution in [1.29, 1.82) is 0 Å². The first-order chi connectivity index (χ1) is 11.3. The lowest BCUT2D eigenvalue weighted by molar-refractivity contribution is -0.137. The number of rotatable bonds is 3. The van der Waals surface area contributed by atoms with E-state index in [1.165, 1.54) is 12.1 Å². The van der Waals surface area contributed by atoms with Gasteiger partial charge in [-0.25, -0.2) is 4.98 Å². The molecule has 4 nitrogen and oxygen atoms in total. The first kappa shape index (κ1) is 16.3. The normalized spacial score (nSPS) is 11.7. The zero-order valence-electron chi connectivity index (χ0n) is 12.1. The minimum Gasteiger partial charge on any atom is -0.345 e. The summed E-state index contributed by atoms with van der Waals surface area (Å²) in [4.78, 5) is 19.3. The Morgan fingerprint density at radius 1 is 1.21 bits per heavy atom. The van der Waals surface area contributed by atoms with Crippen LogP contribution in [0.4, 0.5) is 13.2 Å². The van der Waals surface area contributed by atoms with Crippen molar-refractivity contribution in [3.05, 3.63) is 64.4 Å². The highest BCUT2D eigenvalue weighted by atomic mass is 35.5. The number of carbonyl (C=O) groups excluding carboxylic acids is 1. The molecule has 0 spiro atoms. The van der Waals surface area contributed by atoms with Gasteiger partial charge in [0.15, 0.2) is 0 Å². The molecule has 0 unspecified atom stereocenters. The Morgan fingerprint density at radius 3 is 2.75 bits per heavy atom. The van der Waals surface area contributed by atoms with Gasteiger partial charge < -0.3 is 10.3 Å². The number of fused-ring (bicyclic) bond motifs is 1. The Morgan fingerprint density at radius 2 is 2.00 bits per heavy atom. The molecule has 3 aromatic rings. The second-order valence-electron chi connectivity index (χ2n) is 5.11. The van der Waals surface area contributed by atoms with Crippen molar-refractivity contribution in [2.45, 2.75) is 12.7 Å². The van der Waals surface area contributed by atoms with Gasteiger partial charge in [-0.2, -0.15) is 13.2 Å². The number of hydrogen-bond acceptors (Lipinski definition) is 2. The van der Waals surface area contributed by atoms with E-state index in [1.54, 1.807) is 18.2 Å². The summed E-state index contributed by atoms with van der Waals surface area (Å²) in [6.07, 6.45) is -4.49. The third kappa shape index (κ3) is 3.51. The van der Waals surface area contributed by atoms with Crippen LogP contribution >= 0.6 is 11.6 Å². The van der Waals surface area contributed by atoms with E-state index in [1.807, 2.05) is 0 Å². The maximum atomic E-state index is 12.7. The SMILES string of the molecule is O=C(NCc1nc2ccc(Cl)cc2[nH]1)c1cccc(C(F)(F)F)c1. The highest BCUT2D eigenvalue weighted by Gasteiger charge is 2.30. The van der Waals surface area contributed by atoms with Crippen LogP contribution in [0.1, 0.15) is 21.7 Å². The molecule has 2 aromatic carbocycles. The Balaban J connectivity index is 1.72. The fourth-order valence-electron chi connectivity index (χ4n) is 2.22. The van der Waals surface area contributed by atoms with Crippen LogP contribution < -0.4 is 5.32 Å². The summed E-state index contributed by atoms with van der Waals surface area (Å²) in [5.74, 6) is -0.132. The van der Waals surface area contributed by atoms with Crippen molar-refractivity contribution in [3.8, 4) is 0 Å². The van der Waals surface area contributed by atoms with Gasteiger partial charge in [0.2, 0.25) is 0 Å². The third-order valence-corrected chi connectivity index (χ3v) is 3.60. The molecule has 0 atom stereocenters. The summed E-state index contributed by atoms with van der Waals surface area (Å²) in [5, 5.41) is 3.08. The molecule has 8 heteroatoms. The fraction of sp³-hybridized carbons (Fsp3) is 0.125. The minimum absolute atomic E-state index is 0.0569. The summed E-state index contributed by atoms with van der Waals surface area (Å²) < 4.78 is 38.0. The molecule has 0 aliphatic carbocycles. The van der Waals surface area contributed by atoms with Crippen LogP contribution in [-0.2, 0) is 12.7 Å². The Bertz CT molecular complexity index is 905. The Kier molecular flexibility index (Phi) is 4.19. The van der Waals surface area contributed by atoms with E-state index < -0.39 is 17.6 Å². The zero-order chi connectivity index (χ0) is 17.3. The monoisotopic (exact) mass is 353 g/mol. The van der Waals surface area contributed by atoms with Gasteiger partial charge in [-0.05, 0) is 36.4 Å². The Hall–Kier alpha value is -2.54. The molecule has 0 radical (unpaired) electrons. The lowest BCUT2D eigenvalue weighted by atomic mass is 10.1. The molecule has 0 aliphatic heterocycles. The smallest absolute Gasteiger partial charge is 0.345 e. The van der Waals surface area contributed by atoms with Gasteiger partial charge in [0.05, 0.1) is 23.1 Å². The number of aromatic nitrogens is 2. The largest absolute Gasteiger partial charge is 0.416 e. The molecule has 2 N–H and O–H groups in total. The van der Waals surface area contributed by atoms with Crippen LogP contribution in [-0.4, -0.2) is 15.9 Å². The van der Waals surface area contributed by atoms with Crippen LogP contribution in [0, 0.1) is 0 Å². The summed E-state index contributed by atoms with van der Waals surface area (Å²) in [6.45, 7) is 0.0569. The summed E-state index contributed by atoms with van der Waals surface area (Å²) in [7, 11) is 0. The quantitative estimate of drug-likeness (QED) is 0.742. The van der Waals surface area contributed by atoms with Crippen molar-refractivity contribution in [3.63, 3.8) is 0 Å². The molecule has 3 rings (SSSR count). The highest BCUT2D eigenvalue weighted by Crippen LogP contribution is 2.29. The maximum Gasteiger partial charge on any atom is 0.416 e. The molecule has 0 bridgehead atoms. The zero-order valence-corrected chi connectivity index (χ0v) is 12.9. The number of hydrogen-bond donors (Lipinski definition) is 2. The van der Waals surface area contributed by atoms with E-state index in [0.717, 1.165) is 12.1 Å². The number of nitrogens with one attached hydrogen (secondary N) is 2. The highest BCUT2D eigenvalue weighted by molar-refractivity contribution is 6.31. The summed E-state index contributed by atoms with van der Waals surface area (Å²) in [5.41, 5.74) is 0.464. The Labute approximate surface area is 139 Å². The van der Waals surface area contributed by atoms with Crippen molar-refractivity contribution >= 4 is 28.5 Å². The van der Waals surface area contributed by atoms with E-state index >= 15 is 0 Å². The van der Waals surface area contributed by atoms with Crippen LogP contribution in [0.3, 0.4) is 0 Å². The molecule has 0 saturated heterocycles. The van der Waals surface area contributed by atoms with Gasteiger partial charge >= 0.3 is 6.18 Å². The summed E-state index contributed by atoms with van der Waals surface area (Å²) >= 11 is 5.88. The van der Waals surface area contributed by atoms with Gasteiger partial charge in [-0.1, -0.05) is 17.7 Å². The van der Waals surface area contributed by atoms with Crippen molar-refractivity contribution in [2.24, 2.45) is 0 Å². The van der Waals surface area contributed by atoms with Gasteiger partial charge in [0.25, 0.3) is 5.91 Å². The fourth-order valence-corrected chi connectivity index (χ4v) is 2.39. The first-order valence-corrected chi connectivity index (χ1v) is 7.30. The maximum absolute atomic E-state index is 12.7. The van der Waals surface area contributed by atoms with Gasteiger partial charge in [0.1, 0.15) is 5.82 Å². The predicted molar refractivity (Wildman–Crippen MR) is 83.7 cm³/mol. The lowest BCUT2D eigenvalue weighted by Crippen LogP contribution is -2.23. The van der Waals surface area contributed by atoms with E-state index in [9.17, 15) is 18.0 Å². The molecule has 0 aliphatic rings. The number of imidazole rings is 1. The molecular formula is C16H11ClF3N3O. The van der Waals surface area contributed by atoms with Crippen LogP contribution in [0.15, 0.2) is 42.5 Å². The predicted octanol–water partition coefficient (Wildman–Crippen LogP) is 4.17. The number of halogens is 4. The topological polar surface area (TPSA) is 57.8 Å². The van der Waals surface area contributed by atoms with Gasteiger partial charge in [-0.15, -0.1) is 0 Å². The number of nitrogens with zero attached hydrogens (tertiary/aromatic N) is 1. The molecule has 0 saturated carbocycles. The van der Waals surface area contributed by atoms with Crippen molar-refractivity contribution in [2.75, 3.05) is 0 Å². The van der Waals surface area contributed by atoms with E-state index in [-0.39, 0.29) is 12.1 Å². The van der Waals surface area contributed by atoms with Crippen LogP contribution in [0.5, 0.6) is 0 Å². The molecule has 1 amide bonds. The number of amides is 1. The standard InChI is InChI=1S/C16H11ClF3N3O/c17-11-4-5-12-13(7-11)23-14(22-12)8-21-15(24)9-2-1-3-10(6-9)16(18,19)20/h1-7H,8H2,(H,21,24)(H,22,23). The first-order valence-electron chi connectivity index (χ1n) is 6.92. The summed E-state index contributed by atoms with van der Waals surface area (Å²) in [6, 6.07) is 9.36. The van der Waals surface area contributed by atoms with E-state index in [4.69, 9.17) is 11.6 Å². The molecule has 1 aromatic heterocycles. The van der Waals surface area contributed by atoms with Crippen molar-refractivity contribution in [1.82, 2.24) is 15.3 Å². The van der Waals surface area contributed by atoms with Crippen molar-refractivity contribution < 1.29 is 18.0 Å². The van der Waals surface area contributed by atoms with Crippen LogP contribution in [0.2, 0.25) is 5.02 Å². The van der Waals surface area contributed by atoms with Gasteiger partial charge in [0, 0.05) is 10.6 Å². The average molecular weight is 354 g/mol. The number of benzene rings is 2. The second kappa shape index (κ2) is 6.16. The van der Waals surface area contributed by atoms with E-state index in [0.29, 0.717) is 21.9 Å². The average Bonchev–Trinajstić information content (AvgIpc) is 2.94. The lowest BCUT2D eigenvalue weighted by Gasteiger charge is -2.08. The van der Waals surface area contributed by atoms with Crippen LogP contribution in [0.25, 0.3) is 11.0 Å². The number of carbonyl (C=O) groups is 1. The molecule has 0 fully saturated rings. The number of aromatic amines is 1. The van der Waals surface area contributed by atoms with E-state index in [2.05, 4.69) is 15.3 Å². The molecule has 1 heterocycles. The molecule has 124 valence electrons. The second-order valence-corrected chi connectivity index (χ2v) is 5.54. The number of alkyl halides is 3. The molecule has 24 heavy (non-hydrogen) atoms.